The van der Waals surface area contributed by atoms with E-state index in [9.17, 15) is 0 Å². The van der Waals surface area contributed by atoms with Crippen LogP contribution in [0.5, 0.6) is 0 Å². The summed E-state index contributed by atoms with van der Waals surface area (Å²) in [6, 6.07) is 9.32. The van der Waals surface area contributed by atoms with Gasteiger partial charge in [0.15, 0.2) is 0 Å². The van der Waals surface area contributed by atoms with Crippen molar-refractivity contribution < 1.29 is 4.74 Å². The molecule has 1 heterocycles. The molecule has 1 saturated heterocycles. The monoisotopic (exact) mass is 310 g/mol. The van der Waals surface area contributed by atoms with E-state index in [-0.39, 0.29) is 0 Å². The van der Waals surface area contributed by atoms with Crippen molar-refractivity contribution in [1.29, 1.82) is 0 Å². The first kappa shape index (κ1) is 16.8. The van der Waals surface area contributed by atoms with Gasteiger partial charge in [-0.05, 0) is 43.5 Å². The molecule has 2 rings (SSSR count). The highest BCUT2D eigenvalue weighted by atomic mass is 35.5. The SMILES string of the molecule is CCC(c1ccc(Cl)cc1)N(CCOC)CC1CCCN1. The summed E-state index contributed by atoms with van der Waals surface area (Å²) in [5.74, 6) is 0. The van der Waals surface area contributed by atoms with Crippen LogP contribution in [0.25, 0.3) is 0 Å². The van der Waals surface area contributed by atoms with E-state index in [0.29, 0.717) is 12.1 Å². The van der Waals surface area contributed by atoms with Crippen molar-refractivity contribution in [3.8, 4) is 0 Å². The predicted molar refractivity (Wildman–Crippen MR) is 89.0 cm³/mol. The highest BCUT2D eigenvalue weighted by molar-refractivity contribution is 6.30. The Morgan fingerprint density at radius 2 is 2.14 bits per heavy atom. The summed E-state index contributed by atoms with van der Waals surface area (Å²) in [6.45, 7) is 6.23. The molecule has 0 bridgehead atoms. The molecule has 21 heavy (non-hydrogen) atoms. The molecule has 0 radical (unpaired) electrons. The maximum Gasteiger partial charge on any atom is 0.0589 e. The molecule has 2 unspecified atom stereocenters. The second kappa shape index (κ2) is 8.74. The lowest BCUT2D eigenvalue weighted by molar-refractivity contribution is 0.110. The van der Waals surface area contributed by atoms with Gasteiger partial charge >= 0.3 is 0 Å². The standard InChI is InChI=1S/C17H27ClN2O/c1-3-17(14-6-8-15(18)9-7-14)20(11-12-21-2)13-16-5-4-10-19-16/h6-9,16-17,19H,3-5,10-13H2,1-2H3. The number of hydrogen-bond acceptors (Lipinski definition) is 3. The molecule has 0 saturated carbocycles. The molecule has 1 aromatic rings. The second-order valence-corrected chi connectivity index (χ2v) is 6.19. The van der Waals surface area contributed by atoms with Crippen LogP contribution in [0.3, 0.4) is 0 Å². The maximum atomic E-state index is 6.02. The van der Waals surface area contributed by atoms with Gasteiger partial charge in [-0.2, -0.15) is 0 Å². The molecule has 118 valence electrons. The summed E-state index contributed by atoms with van der Waals surface area (Å²) in [5, 5.41) is 4.40. The Bertz CT molecular complexity index is 404. The highest BCUT2D eigenvalue weighted by Crippen LogP contribution is 2.26. The van der Waals surface area contributed by atoms with E-state index in [2.05, 4.69) is 29.3 Å². The van der Waals surface area contributed by atoms with E-state index < -0.39 is 0 Å². The summed E-state index contributed by atoms with van der Waals surface area (Å²) in [6.07, 6.45) is 3.67. The lowest BCUT2D eigenvalue weighted by Gasteiger charge is -2.33. The van der Waals surface area contributed by atoms with Gasteiger partial charge in [-0.1, -0.05) is 30.7 Å². The molecular formula is C17H27ClN2O. The Morgan fingerprint density at radius 3 is 2.71 bits per heavy atom. The van der Waals surface area contributed by atoms with E-state index in [0.717, 1.165) is 37.7 Å². The summed E-state index contributed by atoms with van der Waals surface area (Å²) in [7, 11) is 1.77. The van der Waals surface area contributed by atoms with Gasteiger partial charge in [0.05, 0.1) is 6.61 Å². The fourth-order valence-corrected chi connectivity index (χ4v) is 3.29. The lowest BCUT2D eigenvalue weighted by atomic mass is 10.0. The minimum atomic E-state index is 0.430. The Labute approximate surface area is 133 Å². The van der Waals surface area contributed by atoms with Gasteiger partial charge < -0.3 is 10.1 Å². The van der Waals surface area contributed by atoms with Crippen LogP contribution in [0.4, 0.5) is 0 Å². The average molecular weight is 311 g/mol. The first-order chi connectivity index (χ1) is 10.2. The largest absolute Gasteiger partial charge is 0.383 e. The molecule has 1 N–H and O–H groups in total. The third-order valence-electron chi connectivity index (χ3n) is 4.28. The zero-order chi connectivity index (χ0) is 15.1. The third kappa shape index (κ3) is 4.96. The Morgan fingerprint density at radius 1 is 1.38 bits per heavy atom. The number of rotatable bonds is 8. The van der Waals surface area contributed by atoms with Crippen molar-refractivity contribution in [2.45, 2.75) is 38.3 Å². The van der Waals surface area contributed by atoms with Crippen molar-refractivity contribution in [1.82, 2.24) is 10.2 Å². The summed E-state index contributed by atoms with van der Waals surface area (Å²) in [4.78, 5) is 2.55. The minimum Gasteiger partial charge on any atom is -0.383 e. The fourth-order valence-electron chi connectivity index (χ4n) is 3.17. The number of nitrogens with zero attached hydrogens (tertiary/aromatic N) is 1. The van der Waals surface area contributed by atoms with Crippen LogP contribution in [-0.2, 0) is 4.74 Å². The number of ether oxygens (including phenoxy) is 1. The normalized spacial score (nSPS) is 20.1. The number of benzene rings is 1. The van der Waals surface area contributed by atoms with Crippen molar-refractivity contribution >= 4 is 11.6 Å². The van der Waals surface area contributed by atoms with Crippen LogP contribution < -0.4 is 5.32 Å². The third-order valence-corrected chi connectivity index (χ3v) is 4.53. The van der Waals surface area contributed by atoms with Crippen molar-refractivity contribution in [3.63, 3.8) is 0 Å². The molecule has 2 atom stereocenters. The molecule has 1 aliphatic rings. The van der Waals surface area contributed by atoms with Crippen LogP contribution in [0.15, 0.2) is 24.3 Å². The van der Waals surface area contributed by atoms with Crippen LogP contribution >= 0.6 is 11.6 Å². The quantitative estimate of drug-likeness (QED) is 0.795. The smallest absolute Gasteiger partial charge is 0.0589 e. The van der Waals surface area contributed by atoms with Crippen molar-refractivity contribution in [3.05, 3.63) is 34.9 Å². The van der Waals surface area contributed by atoms with Gasteiger partial charge in [0.2, 0.25) is 0 Å². The van der Waals surface area contributed by atoms with E-state index in [1.54, 1.807) is 7.11 Å². The summed E-state index contributed by atoms with van der Waals surface area (Å²) >= 11 is 6.02. The van der Waals surface area contributed by atoms with Crippen molar-refractivity contribution in [2.24, 2.45) is 0 Å². The van der Waals surface area contributed by atoms with E-state index in [1.165, 1.54) is 18.4 Å². The number of nitrogens with one attached hydrogen (secondary N) is 1. The van der Waals surface area contributed by atoms with Crippen LogP contribution in [-0.4, -0.2) is 44.3 Å². The topological polar surface area (TPSA) is 24.5 Å². The van der Waals surface area contributed by atoms with E-state index in [4.69, 9.17) is 16.3 Å². The van der Waals surface area contributed by atoms with Gasteiger partial charge in [-0.25, -0.2) is 0 Å². The predicted octanol–water partition coefficient (Wildman–Crippen LogP) is 3.49. The first-order valence-electron chi connectivity index (χ1n) is 7.96. The van der Waals surface area contributed by atoms with Gasteiger partial charge in [-0.3, -0.25) is 4.90 Å². The van der Waals surface area contributed by atoms with E-state index in [1.807, 2.05) is 12.1 Å². The zero-order valence-electron chi connectivity index (χ0n) is 13.1. The van der Waals surface area contributed by atoms with Crippen LogP contribution in [0.1, 0.15) is 37.8 Å². The Balaban J connectivity index is 2.08. The maximum absolute atomic E-state index is 6.02. The number of halogens is 1. The molecule has 1 aliphatic heterocycles. The first-order valence-corrected chi connectivity index (χ1v) is 8.34. The zero-order valence-corrected chi connectivity index (χ0v) is 13.9. The van der Waals surface area contributed by atoms with Gasteiger partial charge in [0, 0.05) is 37.3 Å². The fraction of sp³-hybridized carbons (Fsp3) is 0.647. The van der Waals surface area contributed by atoms with Gasteiger partial charge in [0.25, 0.3) is 0 Å². The molecule has 3 nitrogen and oxygen atoms in total. The Kier molecular flexibility index (Phi) is 6.97. The molecule has 1 aromatic carbocycles. The molecule has 0 spiro atoms. The molecule has 1 fully saturated rings. The van der Waals surface area contributed by atoms with Crippen molar-refractivity contribution in [2.75, 3.05) is 33.4 Å². The van der Waals surface area contributed by atoms with Crippen LogP contribution in [0, 0.1) is 0 Å². The Hall–Kier alpha value is -0.610. The molecule has 4 heteroatoms. The summed E-state index contributed by atoms with van der Waals surface area (Å²) in [5.41, 5.74) is 1.34. The second-order valence-electron chi connectivity index (χ2n) is 5.76. The summed E-state index contributed by atoms with van der Waals surface area (Å²) < 4.78 is 5.30. The molecule has 0 amide bonds. The van der Waals surface area contributed by atoms with Gasteiger partial charge in [-0.15, -0.1) is 0 Å². The number of methoxy groups -OCH3 is 1. The average Bonchev–Trinajstić information content (AvgIpc) is 3.00. The highest BCUT2D eigenvalue weighted by Gasteiger charge is 2.23. The minimum absolute atomic E-state index is 0.430. The molecular weight excluding hydrogens is 284 g/mol. The van der Waals surface area contributed by atoms with Gasteiger partial charge in [0.1, 0.15) is 0 Å². The molecule has 0 aromatic heterocycles. The molecule has 0 aliphatic carbocycles. The number of hydrogen-bond donors (Lipinski definition) is 1. The van der Waals surface area contributed by atoms with E-state index >= 15 is 0 Å². The lowest BCUT2D eigenvalue weighted by Crippen LogP contribution is -2.41. The van der Waals surface area contributed by atoms with Crippen LogP contribution in [0.2, 0.25) is 5.02 Å².